The first kappa shape index (κ1) is 27.7. The number of hydrogen-bond acceptors (Lipinski definition) is 4. The zero-order chi connectivity index (χ0) is 26.7. The summed E-state index contributed by atoms with van der Waals surface area (Å²) < 4.78 is 2.31. The van der Waals surface area contributed by atoms with E-state index in [9.17, 15) is 9.59 Å². The van der Waals surface area contributed by atoms with Gasteiger partial charge in [-0.3, -0.25) is 19.2 Å². The van der Waals surface area contributed by atoms with Crippen molar-refractivity contribution in [3.05, 3.63) is 17.0 Å². The van der Waals surface area contributed by atoms with Crippen LogP contribution in [0.25, 0.3) is 0 Å². The van der Waals surface area contributed by atoms with Gasteiger partial charge in [0.05, 0.1) is 11.7 Å². The van der Waals surface area contributed by atoms with E-state index in [-0.39, 0.29) is 17.9 Å². The number of unbranched alkanes of at least 4 members (excludes halogenated alkanes) is 1. The van der Waals surface area contributed by atoms with Crippen LogP contribution in [0.4, 0.5) is 0 Å². The van der Waals surface area contributed by atoms with Crippen LogP contribution >= 0.6 is 0 Å². The second kappa shape index (κ2) is 12.1. The maximum Gasteiger partial charge on any atom is 0.246 e. The molecule has 4 aliphatic rings. The molecule has 1 aromatic heterocycles. The van der Waals surface area contributed by atoms with Crippen LogP contribution in [0.1, 0.15) is 126 Å². The van der Waals surface area contributed by atoms with Crippen molar-refractivity contribution in [3.8, 4) is 0 Å². The molecular formula is C31H51N5O2. The minimum Gasteiger partial charge on any atom is -0.342 e. The van der Waals surface area contributed by atoms with Gasteiger partial charge in [-0.15, -0.1) is 0 Å². The molecule has 2 amide bonds. The maximum atomic E-state index is 13.8. The molecule has 1 unspecified atom stereocenters. The smallest absolute Gasteiger partial charge is 0.246 e. The third-order valence-electron chi connectivity index (χ3n) is 10.3. The van der Waals surface area contributed by atoms with Gasteiger partial charge in [0.15, 0.2) is 0 Å². The molecule has 2 aliphatic carbocycles. The van der Waals surface area contributed by atoms with Crippen LogP contribution in [0.3, 0.4) is 0 Å². The van der Waals surface area contributed by atoms with E-state index in [1.54, 1.807) is 0 Å². The van der Waals surface area contributed by atoms with Gasteiger partial charge in [0, 0.05) is 37.4 Å². The number of aromatic nitrogens is 2. The first-order chi connectivity index (χ1) is 18.4. The lowest BCUT2D eigenvalue weighted by Gasteiger charge is -2.52. The standard InChI is InChI=1S/C31H51N5O2/c1-4-5-18-35-29(37)28(21-25-12-8-6-9-13-25)32-30(38)31(35)16-19-34(20-17-31)22-27-23(2)33-36(24(27)3)26-14-10-7-11-15-26/h25-26,28H,4-22H2,1-3H3,(H,32,38). The van der Waals surface area contributed by atoms with Gasteiger partial charge < -0.3 is 10.2 Å². The molecule has 1 N–H and O–H groups in total. The van der Waals surface area contributed by atoms with Crippen LogP contribution in [0, 0.1) is 19.8 Å². The molecule has 38 heavy (non-hydrogen) atoms. The summed E-state index contributed by atoms with van der Waals surface area (Å²) >= 11 is 0. The largest absolute Gasteiger partial charge is 0.342 e. The number of carbonyl (C=O) groups is 2. The first-order valence-corrected chi connectivity index (χ1v) is 15.8. The lowest BCUT2D eigenvalue weighted by molar-refractivity contribution is -0.162. The van der Waals surface area contributed by atoms with Crippen molar-refractivity contribution in [2.75, 3.05) is 19.6 Å². The summed E-state index contributed by atoms with van der Waals surface area (Å²) in [7, 11) is 0. The molecule has 212 valence electrons. The molecule has 0 bridgehead atoms. The van der Waals surface area contributed by atoms with Gasteiger partial charge in [-0.1, -0.05) is 64.7 Å². The van der Waals surface area contributed by atoms with Crippen LogP contribution in [0.5, 0.6) is 0 Å². The third-order valence-corrected chi connectivity index (χ3v) is 10.3. The summed E-state index contributed by atoms with van der Waals surface area (Å²) in [6, 6.07) is 0.216. The molecule has 7 nitrogen and oxygen atoms in total. The Hall–Kier alpha value is -1.89. The summed E-state index contributed by atoms with van der Waals surface area (Å²) in [5.41, 5.74) is 3.14. The van der Waals surface area contributed by atoms with E-state index in [2.05, 4.69) is 35.7 Å². The van der Waals surface area contributed by atoms with E-state index < -0.39 is 5.54 Å². The van der Waals surface area contributed by atoms with Crippen LogP contribution in [-0.4, -0.2) is 62.6 Å². The highest BCUT2D eigenvalue weighted by Gasteiger charge is 2.53. The average molecular weight is 526 g/mol. The second-order valence-electron chi connectivity index (χ2n) is 12.8. The average Bonchev–Trinajstić information content (AvgIpc) is 3.22. The van der Waals surface area contributed by atoms with Gasteiger partial charge in [0.25, 0.3) is 0 Å². The van der Waals surface area contributed by atoms with E-state index in [1.807, 2.05) is 4.90 Å². The number of hydrogen-bond donors (Lipinski definition) is 1. The summed E-state index contributed by atoms with van der Waals surface area (Å²) in [5.74, 6) is 0.853. The van der Waals surface area contributed by atoms with Crippen molar-refractivity contribution in [1.82, 2.24) is 24.9 Å². The Morgan fingerprint density at radius 2 is 1.61 bits per heavy atom. The Bertz CT molecular complexity index is 967. The van der Waals surface area contributed by atoms with Gasteiger partial charge in [-0.25, -0.2) is 0 Å². The Labute approximate surface area is 230 Å². The maximum absolute atomic E-state index is 13.8. The molecule has 2 aliphatic heterocycles. The minimum atomic E-state index is -0.678. The Morgan fingerprint density at radius 3 is 2.26 bits per heavy atom. The fourth-order valence-electron chi connectivity index (χ4n) is 7.84. The molecule has 0 aromatic carbocycles. The first-order valence-electron chi connectivity index (χ1n) is 15.8. The highest BCUT2D eigenvalue weighted by atomic mass is 16.2. The molecule has 2 saturated heterocycles. The second-order valence-corrected chi connectivity index (χ2v) is 12.8. The van der Waals surface area contributed by atoms with Gasteiger partial charge in [-0.05, 0) is 58.3 Å². The van der Waals surface area contributed by atoms with Crippen molar-refractivity contribution >= 4 is 11.8 Å². The van der Waals surface area contributed by atoms with Gasteiger partial charge in [-0.2, -0.15) is 5.10 Å². The zero-order valence-electron chi connectivity index (χ0n) is 24.3. The topological polar surface area (TPSA) is 70.5 Å². The number of likely N-dealkylation sites (tertiary alicyclic amines) is 1. The summed E-state index contributed by atoms with van der Waals surface area (Å²) in [5, 5.41) is 8.22. The minimum absolute atomic E-state index is 0.103. The Morgan fingerprint density at radius 1 is 0.947 bits per heavy atom. The predicted octanol–water partition coefficient (Wildman–Crippen LogP) is 5.44. The number of piperazine rings is 1. The van der Waals surface area contributed by atoms with Gasteiger partial charge >= 0.3 is 0 Å². The van der Waals surface area contributed by atoms with Crippen LogP contribution in [0.15, 0.2) is 0 Å². The van der Waals surface area contributed by atoms with E-state index in [0.717, 1.165) is 57.4 Å². The Balaban J connectivity index is 1.26. The zero-order valence-corrected chi connectivity index (χ0v) is 24.3. The number of nitrogens with zero attached hydrogens (tertiary/aromatic N) is 4. The highest BCUT2D eigenvalue weighted by molar-refractivity contribution is 6.00. The van der Waals surface area contributed by atoms with Crippen molar-refractivity contribution in [2.45, 2.75) is 141 Å². The number of aryl methyl sites for hydroxylation is 1. The van der Waals surface area contributed by atoms with E-state index in [4.69, 9.17) is 5.10 Å². The lowest BCUT2D eigenvalue weighted by Crippen LogP contribution is -2.73. The van der Waals surface area contributed by atoms with Crippen LogP contribution in [-0.2, 0) is 16.1 Å². The quantitative estimate of drug-likeness (QED) is 0.491. The third kappa shape index (κ3) is 5.55. The van der Waals surface area contributed by atoms with Crippen molar-refractivity contribution in [3.63, 3.8) is 0 Å². The number of rotatable bonds is 8. The van der Waals surface area contributed by atoms with Gasteiger partial charge in [0.1, 0.15) is 11.6 Å². The molecule has 2 saturated carbocycles. The lowest BCUT2D eigenvalue weighted by atomic mass is 9.79. The molecular weight excluding hydrogens is 474 g/mol. The van der Waals surface area contributed by atoms with E-state index >= 15 is 0 Å². The van der Waals surface area contributed by atoms with E-state index in [0.29, 0.717) is 18.5 Å². The number of amides is 2. The molecule has 4 fully saturated rings. The molecule has 7 heteroatoms. The van der Waals surface area contributed by atoms with Crippen molar-refractivity contribution in [2.24, 2.45) is 5.92 Å². The van der Waals surface area contributed by atoms with Crippen molar-refractivity contribution in [1.29, 1.82) is 0 Å². The fourth-order valence-corrected chi connectivity index (χ4v) is 7.84. The summed E-state index contributed by atoms with van der Waals surface area (Å²) in [4.78, 5) is 32.1. The molecule has 1 atom stereocenters. The number of carbonyl (C=O) groups excluding carboxylic acids is 2. The van der Waals surface area contributed by atoms with Crippen molar-refractivity contribution < 1.29 is 9.59 Å². The van der Waals surface area contributed by atoms with Crippen LogP contribution in [0.2, 0.25) is 0 Å². The van der Waals surface area contributed by atoms with E-state index in [1.165, 1.54) is 75.5 Å². The molecule has 1 spiro atoms. The fraction of sp³-hybridized carbons (Fsp3) is 0.839. The predicted molar refractivity (Wildman–Crippen MR) is 151 cm³/mol. The molecule has 0 radical (unpaired) electrons. The van der Waals surface area contributed by atoms with Gasteiger partial charge in [0.2, 0.25) is 11.8 Å². The normalized spacial score (nSPS) is 25.8. The molecule has 5 rings (SSSR count). The molecule has 1 aromatic rings. The summed E-state index contributed by atoms with van der Waals surface area (Å²) in [6.07, 6.45) is 16.9. The molecule has 3 heterocycles. The Kier molecular flexibility index (Phi) is 8.81. The summed E-state index contributed by atoms with van der Waals surface area (Å²) in [6.45, 7) is 9.82. The SMILES string of the molecule is CCCCN1C(=O)C(CC2CCCCC2)NC(=O)C12CCN(Cc1c(C)nn(C3CCCCC3)c1C)CC2. The number of piperidine rings is 1. The van der Waals surface area contributed by atoms with Crippen LogP contribution < -0.4 is 5.32 Å². The number of nitrogens with one attached hydrogen (secondary N) is 1. The monoisotopic (exact) mass is 525 g/mol. The highest BCUT2D eigenvalue weighted by Crippen LogP contribution is 2.37.